The number of benzene rings is 1. The highest BCUT2D eigenvalue weighted by atomic mass is 16.5. The second-order valence-corrected chi connectivity index (χ2v) is 3.97. The Morgan fingerprint density at radius 1 is 1.36 bits per heavy atom. The van der Waals surface area contributed by atoms with Gasteiger partial charge in [-0.1, -0.05) is 12.1 Å². The Morgan fingerprint density at radius 2 is 2.14 bits per heavy atom. The van der Waals surface area contributed by atoms with Crippen molar-refractivity contribution < 1.29 is 4.74 Å². The zero-order valence-electron chi connectivity index (χ0n) is 8.84. The molecule has 0 radical (unpaired) electrons. The number of rotatable bonds is 2. The van der Waals surface area contributed by atoms with E-state index in [0.29, 0.717) is 0 Å². The van der Waals surface area contributed by atoms with Crippen LogP contribution < -0.4 is 10.5 Å². The van der Waals surface area contributed by atoms with Crippen molar-refractivity contribution in [3.05, 3.63) is 28.8 Å². The minimum absolute atomic E-state index is 0.0517. The molecule has 14 heavy (non-hydrogen) atoms. The predicted octanol–water partition coefficient (Wildman–Crippen LogP) is 2.20. The molecule has 2 N–H and O–H groups in total. The zero-order valence-corrected chi connectivity index (χ0v) is 8.84. The Balaban J connectivity index is 2.54. The van der Waals surface area contributed by atoms with Gasteiger partial charge in [0.15, 0.2) is 0 Å². The third-order valence-corrected chi connectivity index (χ3v) is 2.96. The molecule has 2 heteroatoms. The van der Waals surface area contributed by atoms with Crippen LogP contribution in [-0.4, -0.2) is 7.11 Å². The van der Waals surface area contributed by atoms with Gasteiger partial charge in [-0.2, -0.15) is 0 Å². The molecule has 0 saturated carbocycles. The molecule has 2 nitrogen and oxygen atoms in total. The first-order chi connectivity index (χ1) is 6.74. The van der Waals surface area contributed by atoms with Crippen molar-refractivity contribution in [1.29, 1.82) is 0 Å². The highest BCUT2D eigenvalue weighted by molar-refractivity contribution is 5.49. The van der Waals surface area contributed by atoms with Crippen LogP contribution in [0.5, 0.6) is 5.75 Å². The average molecular weight is 191 g/mol. The summed E-state index contributed by atoms with van der Waals surface area (Å²) in [6, 6.07) is 4.35. The third-order valence-electron chi connectivity index (χ3n) is 2.96. The van der Waals surface area contributed by atoms with Crippen LogP contribution in [0.3, 0.4) is 0 Å². The Labute approximate surface area is 85.1 Å². The summed E-state index contributed by atoms with van der Waals surface area (Å²) in [5.74, 6) is 1.02. The molecule has 2 rings (SSSR count). The first-order valence-electron chi connectivity index (χ1n) is 5.18. The SMILES string of the molecule is COc1c(C(C)N)ccc2c1CCC2. The molecule has 0 saturated heterocycles. The van der Waals surface area contributed by atoms with Crippen LogP contribution in [0, 0.1) is 0 Å². The minimum Gasteiger partial charge on any atom is -0.496 e. The van der Waals surface area contributed by atoms with Gasteiger partial charge in [-0.15, -0.1) is 0 Å². The smallest absolute Gasteiger partial charge is 0.127 e. The third kappa shape index (κ3) is 1.40. The molecular weight excluding hydrogens is 174 g/mol. The molecule has 0 aliphatic heterocycles. The number of aryl methyl sites for hydroxylation is 1. The van der Waals surface area contributed by atoms with Gasteiger partial charge in [-0.05, 0) is 37.3 Å². The van der Waals surface area contributed by atoms with Crippen LogP contribution in [0.25, 0.3) is 0 Å². The molecule has 1 aromatic rings. The molecule has 76 valence electrons. The van der Waals surface area contributed by atoms with E-state index in [0.717, 1.165) is 17.7 Å². The second-order valence-electron chi connectivity index (χ2n) is 3.97. The van der Waals surface area contributed by atoms with Crippen molar-refractivity contribution in [3.63, 3.8) is 0 Å². The first-order valence-corrected chi connectivity index (χ1v) is 5.18. The Hall–Kier alpha value is -1.02. The van der Waals surface area contributed by atoms with E-state index in [1.807, 2.05) is 6.92 Å². The van der Waals surface area contributed by atoms with Crippen LogP contribution in [0.1, 0.15) is 36.1 Å². The summed E-state index contributed by atoms with van der Waals surface area (Å²) in [6.45, 7) is 2.00. The molecule has 0 heterocycles. The van der Waals surface area contributed by atoms with Crippen molar-refractivity contribution in [1.82, 2.24) is 0 Å². The van der Waals surface area contributed by atoms with E-state index in [1.54, 1.807) is 7.11 Å². The lowest BCUT2D eigenvalue weighted by Crippen LogP contribution is -2.08. The standard InChI is InChI=1S/C12H17NO/c1-8(13)10-7-6-9-4-3-5-11(9)12(10)14-2/h6-8H,3-5,13H2,1-2H3. The summed E-state index contributed by atoms with van der Waals surface area (Å²) in [5, 5.41) is 0. The predicted molar refractivity (Wildman–Crippen MR) is 57.6 cm³/mol. The summed E-state index contributed by atoms with van der Waals surface area (Å²) < 4.78 is 5.47. The van der Waals surface area contributed by atoms with Crippen molar-refractivity contribution in [2.45, 2.75) is 32.2 Å². The van der Waals surface area contributed by atoms with Crippen LogP contribution in [0.15, 0.2) is 12.1 Å². The number of fused-ring (bicyclic) bond motifs is 1. The first kappa shape index (κ1) is 9.53. The maximum atomic E-state index is 5.90. The van der Waals surface area contributed by atoms with Gasteiger partial charge >= 0.3 is 0 Å². The van der Waals surface area contributed by atoms with E-state index < -0.39 is 0 Å². The van der Waals surface area contributed by atoms with E-state index in [4.69, 9.17) is 10.5 Å². The van der Waals surface area contributed by atoms with Crippen LogP contribution in [-0.2, 0) is 12.8 Å². The van der Waals surface area contributed by atoms with E-state index >= 15 is 0 Å². The largest absolute Gasteiger partial charge is 0.496 e. The topological polar surface area (TPSA) is 35.2 Å². The Morgan fingerprint density at radius 3 is 2.79 bits per heavy atom. The fourth-order valence-corrected chi connectivity index (χ4v) is 2.25. The normalized spacial score (nSPS) is 16.5. The fraction of sp³-hybridized carbons (Fsp3) is 0.500. The van der Waals surface area contributed by atoms with Gasteiger partial charge in [0.1, 0.15) is 5.75 Å². The zero-order chi connectivity index (χ0) is 10.1. The van der Waals surface area contributed by atoms with Gasteiger partial charge in [-0.25, -0.2) is 0 Å². The molecule has 0 spiro atoms. The van der Waals surface area contributed by atoms with Gasteiger partial charge in [0.25, 0.3) is 0 Å². The molecule has 1 aromatic carbocycles. The molecule has 0 fully saturated rings. The highest BCUT2D eigenvalue weighted by Gasteiger charge is 2.19. The maximum absolute atomic E-state index is 5.90. The highest BCUT2D eigenvalue weighted by Crippen LogP contribution is 2.35. The van der Waals surface area contributed by atoms with Crippen LogP contribution in [0.2, 0.25) is 0 Å². The molecule has 0 bridgehead atoms. The quantitative estimate of drug-likeness (QED) is 0.777. The second kappa shape index (κ2) is 3.62. The number of ether oxygens (including phenoxy) is 1. The average Bonchev–Trinajstić information content (AvgIpc) is 2.63. The summed E-state index contributed by atoms with van der Waals surface area (Å²) in [6.07, 6.45) is 3.57. The summed E-state index contributed by atoms with van der Waals surface area (Å²) in [7, 11) is 1.74. The molecule has 1 atom stereocenters. The van der Waals surface area contributed by atoms with Crippen molar-refractivity contribution in [2.75, 3.05) is 7.11 Å². The number of methoxy groups -OCH3 is 1. The monoisotopic (exact) mass is 191 g/mol. The number of nitrogens with two attached hydrogens (primary N) is 1. The van der Waals surface area contributed by atoms with Gasteiger partial charge in [0, 0.05) is 11.6 Å². The molecule has 1 aliphatic rings. The summed E-state index contributed by atoms with van der Waals surface area (Å²) in [4.78, 5) is 0. The van der Waals surface area contributed by atoms with Crippen LogP contribution in [0.4, 0.5) is 0 Å². The van der Waals surface area contributed by atoms with Gasteiger partial charge in [-0.3, -0.25) is 0 Å². The fourth-order valence-electron chi connectivity index (χ4n) is 2.25. The molecule has 1 aliphatic carbocycles. The van der Waals surface area contributed by atoms with Gasteiger partial charge < -0.3 is 10.5 Å². The van der Waals surface area contributed by atoms with E-state index in [1.165, 1.54) is 24.0 Å². The molecule has 0 aromatic heterocycles. The lowest BCUT2D eigenvalue weighted by molar-refractivity contribution is 0.402. The van der Waals surface area contributed by atoms with E-state index in [9.17, 15) is 0 Å². The Kier molecular flexibility index (Phi) is 2.46. The van der Waals surface area contributed by atoms with E-state index in [-0.39, 0.29) is 6.04 Å². The number of hydrogen-bond donors (Lipinski definition) is 1. The lowest BCUT2D eigenvalue weighted by atomic mass is 10.0. The summed E-state index contributed by atoms with van der Waals surface area (Å²) in [5.41, 5.74) is 9.85. The van der Waals surface area contributed by atoms with Crippen molar-refractivity contribution >= 4 is 0 Å². The van der Waals surface area contributed by atoms with Crippen LogP contribution >= 0.6 is 0 Å². The molecule has 1 unspecified atom stereocenters. The molecular formula is C12H17NO. The van der Waals surface area contributed by atoms with Crippen molar-refractivity contribution in [3.8, 4) is 5.75 Å². The van der Waals surface area contributed by atoms with Gasteiger partial charge in [0.2, 0.25) is 0 Å². The minimum atomic E-state index is 0.0517. The number of hydrogen-bond acceptors (Lipinski definition) is 2. The summed E-state index contributed by atoms with van der Waals surface area (Å²) >= 11 is 0. The molecule has 0 amide bonds. The lowest BCUT2D eigenvalue weighted by Gasteiger charge is -2.15. The van der Waals surface area contributed by atoms with Gasteiger partial charge in [0.05, 0.1) is 7.11 Å². The maximum Gasteiger partial charge on any atom is 0.127 e. The Bertz CT molecular complexity index is 344. The van der Waals surface area contributed by atoms with Crippen molar-refractivity contribution in [2.24, 2.45) is 5.73 Å². The van der Waals surface area contributed by atoms with E-state index in [2.05, 4.69) is 12.1 Å².